The lowest BCUT2D eigenvalue weighted by molar-refractivity contribution is -0.140. The lowest BCUT2D eigenvalue weighted by Crippen LogP contribution is -2.17. The van der Waals surface area contributed by atoms with Gasteiger partial charge < -0.3 is 10.1 Å². The van der Waals surface area contributed by atoms with Crippen LogP contribution in [-0.2, 0) is 14.3 Å². The van der Waals surface area contributed by atoms with Gasteiger partial charge in [0.2, 0.25) is 5.91 Å². The molecule has 110 valence electrons. The summed E-state index contributed by atoms with van der Waals surface area (Å²) in [4.78, 5) is 22.9. The number of ether oxygens (including phenoxy) is 1. The van der Waals surface area contributed by atoms with Crippen LogP contribution in [0.4, 0.5) is 5.69 Å². The number of esters is 1. The number of hydrogen-bond donors (Lipinski definition) is 1. The zero-order valence-electron chi connectivity index (χ0n) is 11.7. The van der Waals surface area contributed by atoms with Crippen LogP contribution < -0.4 is 5.32 Å². The molecule has 0 bridgehead atoms. The fourth-order valence-corrected chi connectivity index (χ4v) is 2.41. The van der Waals surface area contributed by atoms with Crippen molar-refractivity contribution in [3.8, 4) is 0 Å². The molecule has 1 rings (SSSR count). The van der Waals surface area contributed by atoms with E-state index in [-0.39, 0.29) is 22.9 Å². The van der Waals surface area contributed by atoms with Gasteiger partial charge in [0, 0.05) is 16.0 Å². The lowest BCUT2D eigenvalue weighted by atomic mass is 10.2. The Bertz CT molecular complexity index is 493. The standard InChI is InChI=1S/C14H18ClNO3S/c1-9-4-5-11(7-12(9)15)16-13(17)8-20-10(2)6-14(18)19-3/h4-5,7,10H,6,8H2,1-3H3,(H,16,17). The minimum atomic E-state index is -0.268. The van der Waals surface area contributed by atoms with Gasteiger partial charge in [-0.25, -0.2) is 0 Å². The third-order valence-corrected chi connectivity index (χ3v) is 4.21. The third kappa shape index (κ3) is 5.84. The molecule has 0 saturated carbocycles. The van der Waals surface area contributed by atoms with Crippen molar-refractivity contribution < 1.29 is 14.3 Å². The smallest absolute Gasteiger partial charge is 0.306 e. The predicted molar refractivity (Wildman–Crippen MR) is 83.4 cm³/mol. The van der Waals surface area contributed by atoms with Gasteiger partial charge in [-0.1, -0.05) is 24.6 Å². The van der Waals surface area contributed by atoms with Crippen molar-refractivity contribution in [2.75, 3.05) is 18.2 Å². The predicted octanol–water partition coefficient (Wildman–Crippen LogP) is 3.27. The van der Waals surface area contributed by atoms with Crippen molar-refractivity contribution in [1.29, 1.82) is 0 Å². The molecule has 1 N–H and O–H groups in total. The molecule has 0 aliphatic rings. The molecular weight excluding hydrogens is 298 g/mol. The van der Waals surface area contributed by atoms with Crippen LogP contribution in [0.5, 0.6) is 0 Å². The Morgan fingerprint density at radius 2 is 2.15 bits per heavy atom. The number of benzene rings is 1. The fourth-order valence-electron chi connectivity index (χ4n) is 1.46. The number of methoxy groups -OCH3 is 1. The number of rotatable bonds is 6. The van der Waals surface area contributed by atoms with Crippen LogP contribution in [0.25, 0.3) is 0 Å². The molecular formula is C14H18ClNO3S. The first-order valence-corrected chi connectivity index (χ1v) is 7.59. The van der Waals surface area contributed by atoms with Crippen molar-refractivity contribution in [1.82, 2.24) is 0 Å². The van der Waals surface area contributed by atoms with Gasteiger partial charge in [-0.2, -0.15) is 0 Å². The molecule has 0 spiro atoms. The number of aryl methyl sites for hydroxylation is 1. The normalized spacial score (nSPS) is 11.8. The lowest BCUT2D eigenvalue weighted by Gasteiger charge is -2.10. The molecule has 4 nitrogen and oxygen atoms in total. The topological polar surface area (TPSA) is 55.4 Å². The van der Waals surface area contributed by atoms with E-state index in [4.69, 9.17) is 11.6 Å². The summed E-state index contributed by atoms with van der Waals surface area (Å²) in [7, 11) is 1.35. The summed E-state index contributed by atoms with van der Waals surface area (Å²) in [5.41, 5.74) is 1.64. The number of anilines is 1. The van der Waals surface area contributed by atoms with E-state index >= 15 is 0 Å². The van der Waals surface area contributed by atoms with Crippen molar-refractivity contribution in [3.63, 3.8) is 0 Å². The van der Waals surface area contributed by atoms with Crippen LogP contribution in [0.2, 0.25) is 5.02 Å². The Morgan fingerprint density at radius 3 is 2.75 bits per heavy atom. The maximum absolute atomic E-state index is 11.8. The summed E-state index contributed by atoms with van der Waals surface area (Å²) in [6.07, 6.45) is 0.296. The number of thioether (sulfide) groups is 1. The van der Waals surface area contributed by atoms with E-state index in [1.165, 1.54) is 18.9 Å². The number of amides is 1. The maximum Gasteiger partial charge on any atom is 0.306 e. The molecule has 1 aromatic rings. The maximum atomic E-state index is 11.8. The Kier molecular flexibility index (Phi) is 6.88. The summed E-state index contributed by atoms with van der Waals surface area (Å²) >= 11 is 7.40. The SMILES string of the molecule is COC(=O)CC(C)SCC(=O)Nc1ccc(C)c(Cl)c1. The van der Waals surface area contributed by atoms with Gasteiger partial charge in [0.25, 0.3) is 0 Å². The molecule has 0 aliphatic heterocycles. The highest BCUT2D eigenvalue weighted by Gasteiger charge is 2.12. The number of halogens is 1. The molecule has 0 aromatic heterocycles. The molecule has 1 atom stereocenters. The Balaban J connectivity index is 2.40. The summed E-state index contributed by atoms with van der Waals surface area (Å²) in [6, 6.07) is 5.38. The third-order valence-electron chi connectivity index (χ3n) is 2.64. The number of carbonyl (C=O) groups is 2. The number of nitrogens with one attached hydrogen (secondary N) is 1. The summed E-state index contributed by atoms with van der Waals surface area (Å²) in [5.74, 6) is -0.105. The van der Waals surface area contributed by atoms with E-state index in [1.807, 2.05) is 26.0 Å². The van der Waals surface area contributed by atoms with Crippen LogP contribution in [0.15, 0.2) is 18.2 Å². The van der Waals surface area contributed by atoms with Crippen LogP contribution in [0.1, 0.15) is 18.9 Å². The fraction of sp³-hybridized carbons (Fsp3) is 0.429. The Hall–Kier alpha value is -1.20. The number of carbonyl (C=O) groups excluding carboxylic acids is 2. The largest absolute Gasteiger partial charge is 0.469 e. The second kappa shape index (κ2) is 8.17. The zero-order chi connectivity index (χ0) is 15.1. The van der Waals surface area contributed by atoms with Gasteiger partial charge in [-0.05, 0) is 24.6 Å². The minimum Gasteiger partial charge on any atom is -0.469 e. The molecule has 1 aromatic carbocycles. The molecule has 0 radical (unpaired) electrons. The van der Waals surface area contributed by atoms with Crippen molar-refractivity contribution in [2.24, 2.45) is 0 Å². The van der Waals surface area contributed by atoms with Crippen LogP contribution in [-0.4, -0.2) is 30.0 Å². The molecule has 20 heavy (non-hydrogen) atoms. The van der Waals surface area contributed by atoms with E-state index < -0.39 is 0 Å². The minimum absolute atomic E-state index is 0.0369. The zero-order valence-corrected chi connectivity index (χ0v) is 13.3. The van der Waals surface area contributed by atoms with Crippen molar-refractivity contribution >= 4 is 40.9 Å². The van der Waals surface area contributed by atoms with Gasteiger partial charge >= 0.3 is 5.97 Å². The summed E-state index contributed by atoms with van der Waals surface area (Å²) < 4.78 is 4.58. The molecule has 0 aliphatic carbocycles. The molecule has 6 heteroatoms. The van der Waals surface area contributed by atoms with E-state index in [0.717, 1.165) is 5.56 Å². The Labute approximate surface area is 128 Å². The van der Waals surface area contributed by atoms with E-state index in [9.17, 15) is 9.59 Å². The van der Waals surface area contributed by atoms with Gasteiger partial charge in [-0.15, -0.1) is 11.8 Å². The highest BCUT2D eigenvalue weighted by atomic mass is 35.5. The Morgan fingerprint density at radius 1 is 1.45 bits per heavy atom. The molecule has 1 unspecified atom stereocenters. The monoisotopic (exact) mass is 315 g/mol. The van der Waals surface area contributed by atoms with Crippen LogP contribution in [0.3, 0.4) is 0 Å². The van der Waals surface area contributed by atoms with E-state index in [2.05, 4.69) is 10.1 Å². The molecule has 0 fully saturated rings. The van der Waals surface area contributed by atoms with Gasteiger partial charge in [0.05, 0.1) is 19.3 Å². The first-order valence-electron chi connectivity index (χ1n) is 6.16. The van der Waals surface area contributed by atoms with Gasteiger partial charge in [0.15, 0.2) is 0 Å². The average molecular weight is 316 g/mol. The van der Waals surface area contributed by atoms with E-state index in [0.29, 0.717) is 17.1 Å². The summed E-state index contributed by atoms with van der Waals surface area (Å²) in [6.45, 7) is 3.79. The van der Waals surface area contributed by atoms with Crippen LogP contribution in [0, 0.1) is 6.92 Å². The van der Waals surface area contributed by atoms with Crippen LogP contribution >= 0.6 is 23.4 Å². The first-order chi connectivity index (χ1) is 9.42. The second-order valence-electron chi connectivity index (χ2n) is 4.41. The first kappa shape index (κ1) is 16.9. The van der Waals surface area contributed by atoms with Crippen molar-refractivity contribution in [3.05, 3.63) is 28.8 Å². The molecule has 0 saturated heterocycles. The quantitative estimate of drug-likeness (QED) is 0.819. The summed E-state index contributed by atoms with van der Waals surface area (Å²) in [5, 5.41) is 3.43. The highest BCUT2D eigenvalue weighted by Crippen LogP contribution is 2.20. The molecule has 0 heterocycles. The second-order valence-corrected chi connectivity index (χ2v) is 6.25. The van der Waals surface area contributed by atoms with Gasteiger partial charge in [-0.3, -0.25) is 9.59 Å². The van der Waals surface area contributed by atoms with Crippen molar-refractivity contribution in [2.45, 2.75) is 25.5 Å². The van der Waals surface area contributed by atoms with E-state index in [1.54, 1.807) is 6.07 Å². The van der Waals surface area contributed by atoms with Gasteiger partial charge in [0.1, 0.15) is 0 Å². The molecule has 1 amide bonds. The number of hydrogen-bond acceptors (Lipinski definition) is 4. The highest BCUT2D eigenvalue weighted by molar-refractivity contribution is 8.00. The average Bonchev–Trinajstić information content (AvgIpc) is 2.40.